The van der Waals surface area contributed by atoms with Gasteiger partial charge in [0.15, 0.2) is 5.82 Å². The van der Waals surface area contributed by atoms with E-state index in [4.69, 9.17) is 0 Å². The van der Waals surface area contributed by atoms with Gasteiger partial charge >= 0.3 is 0 Å². The molecular formula is C16H21N5O4S. The average molecular weight is 379 g/mol. The van der Waals surface area contributed by atoms with Gasteiger partial charge in [-0.15, -0.1) is 10.2 Å². The number of hydrogen-bond donors (Lipinski definition) is 1. The van der Waals surface area contributed by atoms with Gasteiger partial charge in [-0.3, -0.25) is 10.1 Å². The molecule has 0 fully saturated rings. The van der Waals surface area contributed by atoms with Gasteiger partial charge < -0.3 is 4.57 Å². The molecule has 1 aromatic carbocycles. The molecule has 140 valence electrons. The second-order valence-electron chi connectivity index (χ2n) is 6.44. The minimum absolute atomic E-state index is 0.103. The summed E-state index contributed by atoms with van der Waals surface area (Å²) in [7, 11) is -3.94. The fraction of sp³-hybridized carbons (Fsp3) is 0.500. The van der Waals surface area contributed by atoms with Crippen molar-refractivity contribution in [3.8, 4) is 0 Å². The number of fused-ring (bicyclic) bond motifs is 1. The highest BCUT2D eigenvalue weighted by molar-refractivity contribution is 7.89. The van der Waals surface area contributed by atoms with Gasteiger partial charge in [-0.25, -0.2) is 13.1 Å². The lowest BCUT2D eigenvalue weighted by Crippen LogP contribution is -2.29. The summed E-state index contributed by atoms with van der Waals surface area (Å²) in [5.41, 5.74) is -0.117. The van der Waals surface area contributed by atoms with Crippen LogP contribution in [0.1, 0.15) is 49.4 Å². The summed E-state index contributed by atoms with van der Waals surface area (Å²) in [6, 6.07) is 3.42. The summed E-state index contributed by atoms with van der Waals surface area (Å²) in [4.78, 5) is 10.4. The van der Waals surface area contributed by atoms with Crippen molar-refractivity contribution in [2.45, 2.75) is 57.0 Å². The summed E-state index contributed by atoms with van der Waals surface area (Å²) in [6.07, 6.45) is 3.98. The van der Waals surface area contributed by atoms with Crippen LogP contribution in [0.25, 0.3) is 0 Å². The first kappa shape index (κ1) is 18.5. The topological polar surface area (TPSA) is 120 Å². The molecule has 2 aromatic rings. The molecule has 0 bridgehead atoms. The van der Waals surface area contributed by atoms with Crippen molar-refractivity contribution >= 4 is 15.7 Å². The number of aryl methyl sites for hydroxylation is 1. The molecule has 1 aromatic heterocycles. The Morgan fingerprint density at radius 1 is 1.27 bits per heavy atom. The quantitative estimate of drug-likeness (QED) is 0.628. The molecule has 26 heavy (non-hydrogen) atoms. The summed E-state index contributed by atoms with van der Waals surface area (Å²) in [6.45, 7) is 3.90. The SMILES string of the molecule is Cc1c([N+](=O)[O-])cccc1S(=O)(=O)N[C@H](C)c1nnc2n1CCCCC2. The Bertz CT molecular complexity index is 938. The molecule has 1 aliphatic rings. The van der Waals surface area contributed by atoms with Crippen LogP contribution in [0, 0.1) is 17.0 Å². The van der Waals surface area contributed by atoms with Gasteiger partial charge in [0, 0.05) is 24.6 Å². The van der Waals surface area contributed by atoms with E-state index >= 15 is 0 Å². The van der Waals surface area contributed by atoms with Crippen LogP contribution < -0.4 is 4.72 Å². The molecule has 3 rings (SSSR count). The second kappa shape index (κ2) is 7.12. The van der Waals surface area contributed by atoms with Crippen molar-refractivity contribution in [2.24, 2.45) is 0 Å². The molecule has 1 aliphatic heterocycles. The van der Waals surface area contributed by atoms with Gasteiger partial charge in [0.05, 0.1) is 15.9 Å². The highest BCUT2D eigenvalue weighted by atomic mass is 32.2. The zero-order valence-electron chi connectivity index (χ0n) is 14.7. The lowest BCUT2D eigenvalue weighted by molar-refractivity contribution is -0.385. The largest absolute Gasteiger partial charge is 0.314 e. The molecule has 1 atom stereocenters. The normalized spacial score (nSPS) is 15.9. The van der Waals surface area contributed by atoms with Gasteiger partial charge in [-0.1, -0.05) is 12.5 Å². The number of nitrogens with zero attached hydrogens (tertiary/aromatic N) is 4. The highest BCUT2D eigenvalue weighted by Crippen LogP contribution is 2.26. The van der Waals surface area contributed by atoms with E-state index in [1.165, 1.54) is 25.1 Å². The fourth-order valence-corrected chi connectivity index (χ4v) is 4.73. The Labute approximate surface area is 151 Å². The van der Waals surface area contributed by atoms with Crippen LogP contribution in [0.15, 0.2) is 23.1 Å². The standard InChI is InChI=1S/C16H21N5O4S/c1-11-13(21(22)23)7-6-8-14(11)26(24,25)19-12(2)16-18-17-15-9-4-3-5-10-20(15)16/h6-8,12,19H,3-5,9-10H2,1-2H3/t12-/m1/s1. The van der Waals surface area contributed by atoms with Crippen molar-refractivity contribution in [3.63, 3.8) is 0 Å². The maximum atomic E-state index is 12.8. The lowest BCUT2D eigenvalue weighted by atomic mass is 10.2. The molecular weight excluding hydrogens is 358 g/mol. The number of nitrogens with one attached hydrogen (secondary N) is 1. The molecule has 0 spiro atoms. The fourth-order valence-electron chi connectivity index (χ4n) is 3.27. The van der Waals surface area contributed by atoms with Crippen LogP contribution in [-0.2, 0) is 23.0 Å². The first-order valence-electron chi connectivity index (χ1n) is 8.49. The first-order valence-corrected chi connectivity index (χ1v) is 9.98. The number of nitro benzene ring substituents is 1. The first-order chi connectivity index (χ1) is 12.3. The third kappa shape index (κ3) is 3.47. The van der Waals surface area contributed by atoms with Crippen LogP contribution in [0.3, 0.4) is 0 Å². The number of aromatic nitrogens is 3. The average Bonchev–Trinajstić information content (AvgIpc) is 2.83. The smallest absolute Gasteiger partial charge is 0.273 e. The minimum atomic E-state index is -3.94. The van der Waals surface area contributed by atoms with Gasteiger partial charge in [0.2, 0.25) is 10.0 Å². The predicted octanol–water partition coefficient (Wildman–Crippen LogP) is 2.26. The molecule has 0 aliphatic carbocycles. The van der Waals surface area contributed by atoms with Gasteiger partial charge in [-0.05, 0) is 32.8 Å². The Morgan fingerprint density at radius 2 is 2.04 bits per heavy atom. The molecule has 0 saturated heterocycles. The molecule has 1 N–H and O–H groups in total. The zero-order chi connectivity index (χ0) is 18.9. The van der Waals surface area contributed by atoms with E-state index < -0.39 is 21.0 Å². The van der Waals surface area contributed by atoms with Crippen LogP contribution in [0.2, 0.25) is 0 Å². The van der Waals surface area contributed by atoms with E-state index in [2.05, 4.69) is 14.9 Å². The molecule has 2 heterocycles. The van der Waals surface area contributed by atoms with Crippen molar-refractivity contribution in [2.75, 3.05) is 0 Å². The number of benzene rings is 1. The van der Waals surface area contributed by atoms with Crippen LogP contribution in [-0.4, -0.2) is 28.1 Å². The van der Waals surface area contributed by atoms with Crippen molar-refractivity contribution in [1.82, 2.24) is 19.5 Å². The number of rotatable bonds is 5. The summed E-state index contributed by atoms with van der Waals surface area (Å²) < 4.78 is 30.1. The third-order valence-electron chi connectivity index (χ3n) is 4.60. The maximum Gasteiger partial charge on any atom is 0.273 e. The highest BCUT2D eigenvalue weighted by Gasteiger charge is 2.27. The van der Waals surface area contributed by atoms with Crippen LogP contribution in [0.4, 0.5) is 5.69 Å². The van der Waals surface area contributed by atoms with Crippen LogP contribution in [0.5, 0.6) is 0 Å². The summed E-state index contributed by atoms with van der Waals surface area (Å²) >= 11 is 0. The molecule has 0 saturated carbocycles. The summed E-state index contributed by atoms with van der Waals surface area (Å²) in [5, 5.41) is 19.4. The van der Waals surface area contributed by atoms with E-state index in [9.17, 15) is 18.5 Å². The van der Waals surface area contributed by atoms with Gasteiger partial charge in [0.25, 0.3) is 5.69 Å². The molecule has 0 radical (unpaired) electrons. The number of sulfonamides is 1. The monoisotopic (exact) mass is 379 g/mol. The van der Waals surface area contributed by atoms with Crippen molar-refractivity contribution in [1.29, 1.82) is 0 Å². The Hall–Kier alpha value is -2.33. The molecule has 10 heteroatoms. The van der Waals surface area contributed by atoms with Crippen LogP contribution >= 0.6 is 0 Å². The van der Waals surface area contributed by atoms with E-state index in [1.807, 2.05) is 4.57 Å². The number of nitro groups is 1. The van der Waals surface area contributed by atoms with E-state index in [1.54, 1.807) is 6.92 Å². The van der Waals surface area contributed by atoms with E-state index in [0.29, 0.717) is 5.82 Å². The Balaban J connectivity index is 1.90. The van der Waals surface area contributed by atoms with Crippen molar-refractivity contribution < 1.29 is 13.3 Å². The molecule has 0 unspecified atom stereocenters. The maximum absolute atomic E-state index is 12.8. The van der Waals surface area contributed by atoms with E-state index in [-0.39, 0.29) is 16.1 Å². The molecule has 0 amide bonds. The third-order valence-corrected chi connectivity index (χ3v) is 6.28. The van der Waals surface area contributed by atoms with E-state index in [0.717, 1.165) is 38.1 Å². The van der Waals surface area contributed by atoms with Crippen molar-refractivity contribution in [3.05, 3.63) is 45.5 Å². The Kier molecular flexibility index (Phi) is 5.05. The minimum Gasteiger partial charge on any atom is -0.314 e. The second-order valence-corrected chi connectivity index (χ2v) is 8.12. The predicted molar refractivity (Wildman–Crippen MR) is 94.1 cm³/mol. The zero-order valence-corrected chi connectivity index (χ0v) is 15.5. The lowest BCUT2D eigenvalue weighted by Gasteiger charge is -2.16. The number of hydrogen-bond acceptors (Lipinski definition) is 6. The van der Waals surface area contributed by atoms with Gasteiger partial charge in [0.1, 0.15) is 5.82 Å². The Morgan fingerprint density at radius 3 is 2.77 bits per heavy atom. The molecule has 9 nitrogen and oxygen atoms in total. The van der Waals surface area contributed by atoms with Gasteiger partial charge in [-0.2, -0.15) is 0 Å². The summed E-state index contributed by atoms with van der Waals surface area (Å²) in [5.74, 6) is 1.43.